The molecule has 1 fully saturated rings. The number of aliphatic carboxylic acids is 1. The number of aromatic nitrogens is 3. The molecule has 19 heteroatoms. The van der Waals surface area contributed by atoms with E-state index in [1.807, 2.05) is 31.2 Å². The summed E-state index contributed by atoms with van der Waals surface area (Å²) in [5, 5.41) is 31.7. The Balaban J connectivity index is 1.47. The molecule has 2 aromatic heterocycles. The van der Waals surface area contributed by atoms with Gasteiger partial charge in [-0.1, -0.05) is 44.4 Å². The standard InChI is InChI=1S/C35H49N9O10/c1-4-5-6-11-24(39-34(52)40-25(33(50)51)14-20-17-37-23-10-8-7-9-22(20)23)30(48)42-29(19(2)43(3)28(47)16-36)31(49)38-18-21-15-26(45)32(54-21)44-13-12-27(46)41-35(44)53/h7-10,12-13,17,19,21,24-26,29,32,37,45H,4-6,11,14-16,18,36H2,1-3H3,(H,38,49)(H,42,48)(H,50,51)(H2,39,40,52)(H,41,46,53)/t19-,21+,24?,25-,26+,29-,32+/m0/s1. The van der Waals surface area contributed by atoms with E-state index in [0.29, 0.717) is 12.0 Å². The first kappa shape index (κ1) is 41.2. The van der Waals surface area contributed by atoms with Crippen molar-refractivity contribution < 1.29 is 38.9 Å². The molecule has 0 saturated carbocycles. The predicted molar refractivity (Wildman–Crippen MR) is 195 cm³/mol. The zero-order chi connectivity index (χ0) is 39.5. The molecule has 3 aromatic rings. The van der Waals surface area contributed by atoms with E-state index < -0.39 is 83.6 Å². The summed E-state index contributed by atoms with van der Waals surface area (Å²) >= 11 is 0. The smallest absolute Gasteiger partial charge is 0.330 e. The highest BCUT2D eigenvalue weighted by molar-refractivity contribution is 5.93. The van der Waals surface area contributed by atoms with Gasteiger partial charge in [-0.05, 0) is 25.0 Å². The molecule has 0 aliphatic carbocycles. The average Bonchev–Trinajstić information content (AvgIpc) is 3.73. The third-order valence-electron chi connectivity index (χ3n) is 9.46. The summed E-state index contributed by atoms with van der Waals surface area (Å²) in [7, 11) is 1.42. The number of urea groups is 1. The van der Waals surface area contributed by atoms with Crippen LogP contribution in [0.15, 0.2) is 52.3 Å². The van der Waals surface area contributed by atoms with Crippen LogP contribution >= 0.6 is 0 Å². The predicted octanol–water partition coefficient (Wildman–Crippen LogP) is -0.983. The van der Waals surface area contributed by atoms with E-state index in [0.717, 1.165) is 34.4 Å². The van der Waals surface area contributed by atoms with Gasteiger partial charge in [0.05, 0.1) is 18.7 Å². The molecule has 1 unspecified atom stereocenters. The minimum atomic E-state index is -1.37. The number of likely N-dealkylation sites (N-methyl/N-ethyl adjacent to an activating group) is 1. The van der Waals surface area contributed by atoms with Crippen LogP contribution in [0.1, 0.15) is 57.7 Å². The Hall–Kier alpha value is -5.53. The molecule has 3 heterocycles. The second-order valence-corrected chi connectivity index (χ2v) is 13.3. The largest absolute Gasteiger partial charge is 0.480 e. The van der Waals surface area contributed by atoms with Crippen molar-refractivity contribution in [2.75, 3.05) is 20.1 Å². The van der Waals surface area contributed by atoms with Crippen LogP contribution in [0, 0.1) is 0 Å². The zero-order valence-corrected chi connectivity index (χ0v) is 30.4. The van der Waals surface area contributed by atoms with Crippen molar-refractivity contribution in [1.82, 2.24) is 40.7 Å². The van der Waals surface area contributed by atoms with E-state index in [2.05, 4.69) is 31.2 Å². The first-order valence-electron chi connectivity index (χ1n) is 17.8. The molecule has 1 aliphatic rings. The Labute approximate surface area is 310 Å². The second-order valence-electron chi connectivity index (χ2n) is 13.3. The minimum Gasteiger partial charge on any atom is -0.480 e. The molecule has 7 atom stereocenters. The van der Waals surface area contributed by atoms with E-state index in [9.17, 15) is 43.8 Å². The summed E-state index contributed by atoms with van der Waals surface area (Å²) in [6.45, 7) is 2.96. The van der Waals surface area contributed by atoms with Gasteiger partial charge in [-0.2, -0.15) is 0 Å². The van der Waals surface area contributed by atoms with Gasteiger partial charge in [0.15, 0.2) is 6.23 Å². The van der Waals surface area contributed by atoms with E-state index in [4.69, 9.17) is 10.5 Å². The maximum Gasteiger partial charge on any atom is 0.330 e. The molecule has 5 amide bonds. The van der Waals surface area contributed by atoms with Crippen molar-refractivity contribution in [3.8, 4) is 0 Å². The summed E-state index contributed by atoms with van der Waals surface area (Å²) in [6.07, 6.45) is 1.98. The first-order chi connectivity index (χ1) is 25.7. The summed E-state index contributed by atoms with van der Waals surface area (Å²) in [5.41, 5.74) is 5.63. The Bertz CT molecular complexity index is 1910. The van der Waals surface area contributed by atoms with Gasteiger partial charge >= 0.3 is 17.7 Å². The summed E-state index contributed by atoms with van der Waals surface area (Å²) in [6, 6.07) is 2.68. The lowest BCUT2D eigenvalue weighted by Crippen LogP contribution is -2.62. The SMILES string of the molecule is CCCCCC(NC(=O)N[C@@H](Cc1c[nH]c2ccccc12)C(=O)O)C(=O)N[C@H](C(=O)NC[C@H]1C[C@@H](O)[C@H](n2ccc(=O)[nH]c2=O)O1)[C@H](C)N(C)C(=O)CN. The number of fused-ring (bicyclic) bond motifs is 1. The van der Waals surface area contributed by atoms with Crippen molar-refractivity contribution in [1.29, 1.82) is 0 Å². The zero-order valence-electron chi connectivity index (χ0n) is 30.4. The van der Waals surface area contributed by atoms with E-state index in [-0.39, 0.29) is 32.4 Å². The molecule has 10 N–H and O–H groups in total. The molecule has 0 bridgehead atoms. The Morgan fingerprint density at radius 3 is 2.46 bits per heavy atom. The number of aromatic amines is 2. The van der Waals surface area contributed by atoms with Gasteiger partial charge in [-0.15, -0.1) is 0 Å². The number of carboxylic acid groups (broad SMARTS) is 1. The molecule has 0 spiro atoms. The number of ether oxygens (including phenoxy) is 1. The highest BCUT2D eigenvalue weighted by Gasteiger charge is 2.38. The van der Waals surface area contributed by atoms with Gasteiger partial charge in [0.1, 0.15) is 24.2 Å². The molecule has 1 aromatic carbocycles. The number of benzene rings is 1. The number of amides is 5. The van der Waals surface area contributed by atoms with Crippen molar-refractivity contribution in [2.24, 2.45) is 5.73 Å². The first-order valence-corrected chi connectivity index (χ1v) is 17.8. The van der Waals surface area contributed by atoms with Crippen LogP contribution < -0.4 is 38.2 Å². The topological polar surface area (TPSA) is 283 Å². The summed E-state index contributed by atoms with van der Waals surface area (Å²) in [4.78, 5) is 95.6. The maximum atomic E-state index is 13.8. The molecular formula is C35H49N9O10. The van der Waals surface area contributed by atoms with Crippen LogP contribution in [0.4, 0.5) is 4.79 Å². The van der Waals surface area contributed by atoms with E-state index in [1.165, 1.54) is 25.1 Å². The number of nitrogens with one attached hydrogen (secondary N) is 6. The minimum absolute atomic E-state index is 0.0187. The highest BCUT2D eigenvalue weighted by Crippen LogP contribution is 2.27. The molecule has 19 nitrogen and oxygen atoms in total. The van der Waals surface area contributed by atoms with Gasteiger partial charge in [-0.3, -0.25) is 28.7 Å². The van der Waals surface area contributed by atoms with E-state index >= 15 is 0 Å². The number of H-pyrrole nitrogens is 2. The number of hydrogen-bond acceptors (Lipinski definition) is 10. The van der Waals surface area contributed by atoms with Crippen LogP contribution in [0.25, 0.3) is 10.9 Å². The third kappa shape index (κ3) is 10.5. The van der Waals surface area contributed by atoms with Gasteiger partial charge in [0.25, 0.3) is 5.56 Å². The number of aliphatic hydroxyl groups is 1. The quantitative estimate of drug-likeness (QED) is 0.0712. The molecular weight excluding hydrogens is 706 g/mol. The van der Waals surface area contributed by atoms with Crippen LogP contribution in [0.3, 0.4) is 0 Å². The van der Waals surface area contributed by atoms with Crippen LogP contribution in [0.5, 0.6) is 0 Å². The Morgan fingerprint density at radius 1 is 1.06 bits per heavy atom. The fraction of sp³-hybridized carbons (Fsp3) is 0.514. The number of carbonyl (C=O) groups excluding carboxylic acids is 4. The number of aliphatic hydroxyl groups excluding tert-OH is 1. The Morgan fingerprint density at radius 2 is 1.78 bits per heavy atom. The normalized spacial score (nSPS) is 18.9. The molecule has 4 rings (SSSR count). The number of unbranched alkanes of at least 4 members (excludes halogenated alkanes) is 2. The fourth-order valence-corrected chi connectivity index (χ4v) is 6.26. The number of carbonyl (C=O) groups is 5. The number of nitrogens with zero attached hydrogens (tertiary/aromatic N) is 2. The number of carboxylic acids is 1. The molecule has 1 saturated heterocycles. The number of rotatable bonds is 18. The number of hydrogen-bond donors (Lipinski definition) is 9. The van der Waals surface area contributed by atoms with Gasteiger partial charge in [0.2, 0.25) is 17.7 Å². The van der Waals surface area contributed by atoms with Crippen LogP contribution in [-0.2, 0) is 30.3 Å². The number of nitrogens with two attached hydrogens (primary N) is 1. The molecule has 54 heavy (non-hydrogen) atoms. The van der Waals surface area contributed by atoms with Crippen molar-refractivity contribution in [3.63, 3.8) is 0 Å². The van der Waals surface area contributed by atoms with E-state index in [1.54, 1.807) is 6.20 Å². The van der Waals surface area contributed by atoms with Crippen molar-refractivity contribution in [3.05, 3.63) is 69.1 Å². The summed E-state index contributed by atoms with van der Waals surface area (Å²) < 4.78 is 6.83. The lowest BCUT2D eigenvalue weighted by atomic mass is 10.0. The fourth-order valence-electron chi connectivity index (χ4n) is 6.26. The molecule has 0 radical (unpaired) electrons. The third-order valence-corrected chi connectivity index (χ3v) is 9.46. The lowest BCUT2D eigenvalue weighted by Gasteiger charge is -2.33. The maximum absolute atomic E-state index is 13.8. The monoisotopic (exact) mass is 755 g/mol. The van der Waals surface area contributed by atoms with Crippen LogP contribution in [0.2, 0.25) is 0 Å². The molecule has 294 valence electrons. The number of para-hydroxylation sites is 1. The lowest BCUT2D eigenvalue weighted by molar-refractivity contribution is -0.139. The van der Waals surface area contributed by atoms with Crippen molar-refractivity contribution >= 4 is 40.6 Å². The average molecular weight is 756 g/mol. The van der Waals surface area contributed by atoms with Crippen LogP contribution in [-0.4, -0.2) is 116 Å². The van der Waals surface area contributed by atoms with Gasteiger partial charge in [-0.25, -0.2) is 14.4 Å². The second kappa shape index (κ2) is 19.0. The highest BCUT2D eigenvalue weighted by atomic mass is 16.5. The summed E-state index contributed by atoms with van der Waals surface area (Å²) in [5.74, 6) is -3.28. The van der Waals surface area contributed by atoms with Crippen molar-refractivity contribution in [2.45, 2.75) is 95.0 Å². The van der Waals surface area contributed by atoms with Gasteiger partial charge < -0.3 is 51.8 Å². The Kier molecular flexibility index (Phi) is 14.5. The van der Waals surface area contributed by atoms with Gasteiger partial charge in [0, 0.05) is 55.8 Å². The molecule has 1 aliphatic heterocycles.